The van der Waals surface area contributed by atoms with E-state index in [1.54, 1.807) is 0 Å². The van der Waals surface area contributed by atoms with Gasteiger partial charge in [-0.15, -0.1) is 11.3 Å². The van der Waals surface area contributed by atoms with Gasteiger partial charge in [-0.25, -0.2) is 4.98 Å². The molecule has 3 heterocycles. The fraction of sp³-hybridized carbons (Fsp3) is 0.750. The van der Waals surface area contributed by atoms with E-state index in [4.69, 9.17) is 4.74 Å². The zero-order valence-corrected chi connectivity index (χ0v) is 10.4. The third kappa shape index (κ3) is 1.90. The monoisotopic (exact) mass is 238 g/mol. The number of fused-ring (bicyclic) bond motifs is 2. The van der Waals surface area contributed by atoms with E-state index in [9.17, 15) is 0 Å². The normalized spacial score (nSPS) is 32.4. The van der Waals surface area contributed by atoms with E-state index in [-0.39, 0.29) is 0 Å². The molecule has 1 N–H and O–H groups in total. The van der Waals surface area contributed by atoms with Gasteiger partial charge in [0, 0.05) is 23.5 Å². The van der Waals surface area contributed by atoms with Gasteiger partial charge in [0.25, 0.3) is 0 Å². The van der Waals surface area contributed by atoms with Crippen molar-refractivity contribution in [3.05, 3.63) is 16.1 Å². The lowest BCUT2D eigenvalue weighted by atomic mass is 9.90. The molecule has 0 radical (unpaired) electrons. The Kier molecular flexibility index (Phi) is 2.96. The molecule has 2 aliphatic heterocycles. The fourth-order valence-electron chi connectivity index (χ4n) is 2.72. The Bertz CT molecular complexity index is 366. The van der Waals surface area contributed by atoms with E-state index < -0.39 is 0 Å². The van der Waals surface area contributed by atoms with Crippen molar-refractivity contribution in [3.8, 4) is 0 Å². The lowest BCUT2D eigenvalue weighted by Gasteiger charge is -2.15. The van der Waals surface area contributed by atoms with Gasteiger partial charge in [-0.2, -0.15) is 0 Å². The van der Waals surface area contributed by atoms with Crippen LogP contribution in [-0.4, -0.2) is 23.7 Å². The lowest BCUT2D eigenvalue weighted by Crippen LogP contribution is -2.13. The summed E-state index contributed by atoms with van der Waals surface area (Å²) in [5, 5.41) is 4.63. The van der Waals surface area contributed by atoms with Gasteiger partial charge in [-0.05, 0) is 25.8 Å². The SMILES string of the molecule is CCNCc1cnc(C2CC3CCC2O3)s1. The first-order chi connectivity index (χ1) is 7.86. The number of ether oxygens (including phenoxy) is 1. The lowest BCUT2D eigenvalue weighted by molar-refractivity contribution is 0.101. The molecule has 0 spiro atoms. The van der Waals surface area contributed by atoms with Crippen molar-refractivity contribution in [1.29, 1.82) is 0 Å². The first-order valence-corrected chi connectivity index (χ1v) is 6.99. The minimum absolute atomic E-state index is 0.461. The maximum absolute atomic E-state index is 5.88. The van der Waals surface area contributed by atoms with Crippen molar-refractivity contribution < 1.29 is 4.74 Å². The number of hydrogen-bond acceptors (Lipinski definition) is 4. The van der Waals surface area contributed by atoms with Crippen LogP contribution in [0.1, 0.15) is 42.0 Å². The fourth-order valence-corrected chi connectivity index (χ4v) is 3.77. The van der Waals surface area contributed by atoms with Crippen molar-refractivity contribution in [2.45, 2.75) is 50.9 Å². The van der Waals surface area contributed by atoms with Gasteiger partial charge in [0.2, 0.25) is 0 Å². The van der Waals surface area contributed by atoms with Gasteiger partial charge in [-0.3, -0.25) is 0 Å². The zero-order chi connectivity index (χ0) is 11.0. The molecule has 1 aromatic rings. The van der Waals surface area contributed by atoms with Crippen LogP contribution < -0.4 is 5.32 Å². The number of thiazole rings is 1. The van der Waals surface area contributed by atoms with Gasteiger partial charge in [0.1, 0.15) is 0 Å². The predicted molar refractivity (Wildman–Crippen MR) is 64.7 cm³/mol. The summed E-state index contributed by atoms with van der Waals surface area (Å²) in [4.78, 5) is 5.92. The smallest absolute Gasteiger partial charge is 0.0986 e. The van der Waals surface area contributed by atoms with E-state index in [0.717, 1.165) is 13.1 Å². The van der Waals surface area contributed by atoms with Crippen molar-refractivity contribution >= 4 is 11.3 Å². The summed E-state index contributed by atoms with van der Waals surface area (Å²) < 4.78 is 5.88. The van der Waals surface area contributed by atoms with Gasteiger partial charge < -0.3 is 10.1 Å². The van der Waals surface area contributed by atoms with Crippen LogP contribution in [0.3, 0.4) is 0 Å². The van der Waals surface area contributed by atoms with Gasteiger partial charge in [0.15, 0.2) is 0 Å². The molecule has 3 rings (SSSR count). The van der Waals surface area contributed by atoms with Crippen LogP contribution in [0.15, 0.2) is 6.20 Å². The van der Waals surface area contributed by atoms with Gasteiger partial charge >= 0.3 is 0 Å². The molecule has 0 amide bonds. The molecule has 2 saturated heterocycles. The summed E-state index contributed by atoms with van der Waals surface area (Å²) in [6.07, 6.45) is 6.70. The molecule has 1 aromatic heterocycles. The number of rotatable bonds is 4. The van der Waals surface area contributed by atoms with Crippen molar-refractivity contribution in [3.63, 3.8) is 0 Å². The number of nitrogens with one attached hydrogen (secondary N) is 1. The minimum Gasteiger partial charge on any atom is -0.374 e. The number of hydrogen-bond donors (Lipinski definition) is 1. The molecule has 88 valence electrons. The second-order valence-electron chi connectivity index (χ2n) is 4.66. The molecule has 0 aromatic carbocycles. The van der Waals surface area contributed by atoms with Crippen LogP contribution in [-0.2, 0) is 11.3 Å². The largest absolute Gasteiger partial charge is 0.374 e. The quantitative estimate of drug-likeness (QED) is 0.874. The maximum atomic E-state index is 5.88. The third-order valence-corrected chi connectivity index (χ3v) is 4.67. The van der Waals surface area contributed by atoms with Crippen molar-refractivity contribution in [1.82, 2.24) is 10.3 Å². The molecular weight excluding hydrogens is 220 g/mol. The molecular formula is C12H18N2OS. The van der Waals surface area contributed by atoms with Gasteiger partial charge in [-0.1, -0.05) is 6.92 Å². The van der Waals surface area contributed by atoms with Crippen LogP contribution in [0, 0.1) is 0 Å². The molecule has 16 heavy (non-hydrogen) atoms. The minimum atomic E-state index is 0.461. The van der Waals surface area contributed by atoms with Crippen LogP contribution in [0.2, 0.25) is 0 Å². The van der Waals surface area contributed by atoms with E-state index in [2.05, 4.69) is 17.2 Å². The topological polar surface area (TPSA) is 34.2 Å². The highest BCUT2D eigenvalue weighted by Crippen LogP contribution is 2.45. The summed E-state index contributed by atoms with van der Waals surface area (Å²) in [5.74, 6) is 0.583. The van der Waals surface area contributed by atoms with E-state index in [1.165, 1.54) is 29.1 Å². The van der Waals surface area contributed by atoms with E-state index in [1.807, 2.05) is 17.5 Å². The molecule has 0 saturated carbocycles. The number of nitrogens with zero attached hydrogens (tertiary/aromatic N) is 1. The second-order valence-corrected chi connectivity index (χ2v) is 5.81. The Balaban J connectivity index is 1.68. The Morgan fingerprint density at radius 3 is 3.19 bits per heavy atom. The summed E-state index contributed by atoms with van der Waals surface area (Å²) in [6.45, 7) is 4.10. The molecule has 2 aliphatic rings. The highest BCUT2D eigenvalue weighted by atomic mass is 32.1. The van der Waals surface area contributed by atoms with Gasteiger partial charge in [0.05, 0.1) is 17.2 Å². The Morgan fingerprint density at radius 2 is 2.50 bits per heavy atom. The Hall–Kier alpha value is -0.450. The summed E-state index contributed by atoms with van der Waals surface area (Å²) in [7, 11) is 0. The zero-order valence-electron chi connectivity index (χ0n) is 9.61. The summed E-state index contributed by atoms with van der Waals surface area (Å²) in [6, 6.07) is 0. The first-order valence-electron chi connectivity index (χ1n) is 6.17. The van der Waals surface area contributed by atoms with E-state index >= 15 is 0 Å². The second kappa shape index (κ2) is 4.43. The van der Waals surface area contributed by atoms with Crippen LogP contribution >= 0.6 is 11.3 Å². The molecule has 3 nitrogen and oxygen atoms in total. The molecule has 3 unspecified atom stereocenters. The van der Waals surface area contributed by atoms with Crippen LogP contribution in [0.4, 0.5) is 0 Å². The average molecular weight is 238 g/mol. The molecule has 4 heteroatoms. The highest BCUT2D eigenvalue weighted by molar-refractivity contribution is 7.11. The summed E-state index contributed by atoms with van der Waals surface area (Å²) in [5.41, 5.74) is 0. The van der Waals surface area contributed by atoms with Crippen LogP contribution in [0.25, 0.3) is 0 Å². The number of aromatic nitrogens is 1. The van der Waals surface area contributed by atoms with Crippen molar-refractivity contribution in [2.75, 3.05) is 6.54 Å². The molecule has 0 aliphatic carbocycles. The maximum Gasteiger partial charge on any atom is 0.0986 e. The Labute approximate surface area is 100 Å². The third-order valence-electron chi connectivity index (χ3n) is 3.54. The Morgan fingerprint density at radius 1 is 1.56 bits per heavy atom. The summed E-state index contributed by atoms with van der Waals surface area (Å²) >= 11 is 1.86. The standard InChI is InChI=1S/C12H18N2OS/c1-2-13-6-9-7-14-12(16-9)10-5-8-3-4-11(10)15-8/h7-8,10-11,13H,2-6H2,1H3. The predicted octanol–water partition coefficient (Wildman–Crippen LogP) is 2.29. The average Bonchev–Trinajstić information content (AvgIpc) is 3.01. The van der Waals surface area contributed by atoms with E-state index in [0.29, 0.717) is 18.1 Å². The molecule has 3 atom stereocenters. The first kappa shape index (κ1) is 10.7. The van der Waals surface area contributed by atoms with Crippen LogP contribution in [0.5, 0.6) is 0 Å². The highest BCUT2D eigenvalue weighted by Gasteiger charge is 2.42. The van der Waals surface area contributed by atoms with Crippen molar-refractivity contribution in [2.24, 2.45) is 0 Å². The molecule has 2 fully saturated rings. The molecule has 2 bridgehead atoms.